The summed E-state index contributed by atoms with van der Waals surface area (Å²) in [6.07, 6.45) is 10.6. The molecule has 0 aromatic carbocycles. The third-order valence-corrected chi connectivity index (χ3v) is 6.18. The van der Waals surface area contributed by atoms with Crippen molar-refractivity contribution in [3.8, 4) is 0 Å². The van der Waals surface area contributed by atoms with Gasteiger partial charge < -0.3 is 19.8 Å². The number of hydrogen-bond acceptors (Lipinski definition) is 6. The molecule has 0 bridgehead atoms. The number of hydrogen-bond donors (Lipinski definition) is 0. The molecule has 0 radical (unpaired) electrons. The summed E-state index contributed by atoms with van der Waals surface area (Å²) in [5.74, 6) is 3.33. The van der Waals surface area contributed by atoms with Gasteiger partial charge >= 0.3 is 33.9 Å². The topological polar surface area (TPSA) is 80.3 Å². The van der Waals surface area contributed by atoms with Gasteiger partial charge in [0.05, 0.1) is 0 Å². The van der Waals surface area contributed by atoms with Crippen molar-refractivity contribution in [1.82, 2.24) is 0 Å². The second-order valence-corrected chi connectivity index (χ2v) is 14.2. The van der Waals surface area contributed by atoms with Crippen LogP contribution >= 0.6 is 32.4 Å². The van der Waals surface area contributed by atoms with Gasteiger partial charge in [0, 0.05) is 11.9 Å². The molecule has 8 heteroatoms. The van der Waals surface area contributed by atoms with Crippen LogP contribution in [-0.4, -0.2) is 55.0 Å². The molecule has 0 unspecified atom stereocenters. The number of carbonyl (C=O) groups excluding carboxylic acids is 2. The van der Waals surface area contributed by atoms with E-state index < -0.39 is 11.9 Å². The summed E-state index contributed by atoms with van der Waals surface area (Å²) in [5, 5.41) is 20.2. The van der Waals surface area contributed by atoms with Gasteiger partial charge in [0.1, 0.15) is 0 Å². The normalized spacial score (nSPS) is 10.1. The van der Waals surface area contributed by atoms with Gasteiger partial charge in [-0.2, -0.15) is 23.5 Å². The van der Waals surface area contributed by atoms with Gasteiger partial charge in [-0.3, -0.25) is 0 Å². The first kappa shape index (κ1) is 36.3. The first-order valence-corrected chi connectivity index (χ1v) is 20.3. The fourth-order valence-corrected chi connectivity index (χ4v) is 4.23. The predicted molar refractivity (Wildman–Crippen MR) is 138 cm³/mol. The van der Waals surface area contributed by atoms with Crippen LogP contribution in [-0.2, 0) is 9.59 Å². The maximum atomic E-state index is 10.1. The molecule has 0 aliphatic heterocycles. The van der Waals surface area contributed by atoms with Crippen LogP contribution in [0.4, 0.5) is 0 Å². The monoisotopic (exact) mass is 604 g/mol. The molecule has 0 fully saturated rings. The minimum atomic E-state index is -0.933. The average Bonchev–Trinajstić information content (AvgIpc) is 2.66. The van der Waals surface area contributed by atoms with Crippen LogP contribution in [0.1, 0.15) is 91.9 Å². The minimum absolute atomic E-state index is 0.191. The van der Waals surface area contributed by atoms with Gasteiger partial charge in [-0.15, -0.1) is 0 Å². The Balaban J connectivity index is -0.000000448. The average molecular weight is 604 g/mol. The number of aliphatic carboxylic acids is 2. The number of rotatable bonds is 18. The van der Waals surface area contributed by atoms with Gasteiger partial charge in [-0.05, 0) is 60.5 Å². The molecular weight excluding hydrogens is 559 g/mol. The van der Waals surface area contributed by atoms with Crippen LogP contribution in [0.15, 0.2) is 0 Å². The summed E-state index contributed by atoms with van der Waals surface area (Å²) in [7, 11) is 5.17. The summed E-state index contributed by atoms with van der Waals surface area (Å²) < 4.78 is 0. The van der Waals surface area contributed by atoms with Crippen molar-refractivity contribution in [2.75, 3.05) is 23.0 Å². The van der Waals surface area contributed by atoms with E-state index in [1.807, 2.05) is 0 Å². The van der Waals surface area contributed by atoms with Crippen molar-refractivity contribution >= 4 is 64.4 Å². The number of thioether (sulfide) groups is 2. The third-order valence-electron chi connectivity index (χ3n) is 4.04. The van der Waals surface area contributed by atoms with Crippen LogP contribution in [0, 0.1) is 11.8 Å². The van der Waals surface area contributed by atoms with Crippen molar-refractivity contribution in [2.45, 2.75) is 96.8 Å². The summed E-state index contributed by atoms with van der Waals surface area (Å²) in [5.41, 5.74) is 0. The molecule has 0 amide bonds. The molecule has 0 atom stereocenters. The third kappa shape index (κ3) is 49.1. The zero-order valence-corrected chi connectivity index (χ0v) is 25.6. The molecule has 184 valence electrons. The maximum absolute atomic E-state index is 10.1. The first-order valence-electron chi connectivity index (χ1n) is 11.5. The molecular formula is C23H45ClO4S2Sn. The summed E-state index contributed by atoms with van der Waals surface area (Å²) in [6.45, 7) is 8.98. The second kappa shape index (κ2) is 30.7. The van der Waals surface area contributed by atoms with Gasteiger partial charge in [0.2, 0.25) is 0 Å². The summed E-state index contributed by atoms with van der Waals surface area (Å²) in [4.78, 5) is 22.2. The van der Waals surface area contributed by atoms with Crippen molar-refractivity contribution in [1.29, 1.82) is 0 Å². The van der Waals surface area contributed by atoms with Gasteiger partial charge in [0.25, 0.3) is 0 Å². The Morgan fingerprint density at radius 2 is 1.03 bits per heavy atom. The zero-order chi connectivity index (χ0) is 24.3. The number of carboxylic acids is 2. The standard InChI is InChI=1S/2C11H22O2S.CH3.ClH.Sn/c2*1-10(2)6-4-3-5-8-14-9-7-11(12)13;;;/h2*10H,3-9H2,1-2H3,(H,12,13);1H3;1H;/q;;;;+3/p-3. The predicted octanol–water partition coefficient (Wildman–Crippen LogP) is 5.04. The molecule has 31 heavy (non-hydrogen) atoms. The Hall–Kier alpha value is 0.729. The second-order valence-electron chi connectivity index (χ2n) is 8.14. The van der Waals surface area contributed by atoms with Crippen LogP contribution in [0.3, 0.4) is 0 Å². The van der Waals surface area contributed by atoms with Crippen molar-refractivity contribution in [3.63, 3.8) is 0 Å². The Kier molecular flexibility index (Phi) is 36.0. The zero-order valence-electron chi connectivity index (χ0n) is 20.4. The summed E-state index contributed by atoms with van der Waals surface area (Å²) >= 11 is 3.14. The van der Waals surface area contributed by atoms with E-state index in [-0.39, 0.29) is 32.9 Å². The molecule has 0 rings (SSSR count). The Morgan fingerprint density at radius 3 is 1.29 bits per heavy atom. The molecule has 0 spiro atoms. The van der Waals surface area contributed by atoms with E-state index in [0.717, 1.165) is 23.3 Å². The Morgan fingerprint density at radius 1 is 0.710 bits per heavy atom. The molecule has 0 aromatic heterocycles. The number of carboxylic acid groups (broad SMARTS) is 2. The van der Waals surface area contributed by atoms with Crippen molar-refractivity contribution in [2.24, 2.45) is 11.8 Å². The van der Waals surface area contributed by atoms with Crippen LogP contribution in [0.25, 0.3) is 0 Å². The van der Waals surface area contributed by atoms with E-state index in [9.17, 15) is 19.8 Å². The van der Waals surface area contributed by atoms with Crippen LogP contribution < -0.4 is 10.2 Å². The van der Waals surface area contributed by atoms with Gasteiger partial charge in [-0.25, -0.2) is 0 Å². The number of unbranched alkanes of at least 4 members (excludes halogenated alkanes) is 4. The first-order chi connectivity index (χ1) is 14.7. The molecule has 0 saturated heterocycles. The van der Waals surface area contributed by atoms with Crippen molar-refractivity contribution in [3.05, 3.63) is 0 Å². The molecule has 0 aliphatic carbocycles. The number of halogens is 1. The molecule has 0 N–H and O–H groups in total. The van der Waals surface area contributed by atoms with E-state index in [1.54, 1.807) is 23.5 Å². The van der Waals surface area contributed by atoms with Gasteiger partial charge in [-0.1, -0.05) is 66.2 Å². The number of carbonyl (C=O) groups is 2. The molecule has 4 nitrogen and oxygen atoms in total. The van der Waals surface area contributed by atoms with E-state index in [4.69, 9.17) is 8.92 Å². The molecule has 0 aromatic rings. The van der Waals surface area contributed by atoms with E-state index in [1.165, 1.54) is 51.4 Å². The van der Waals surface area contributed by atoms with Crippen LogP contribution in [0.2, 0.25) is 4.94 Å². The molecule has 0 aliphatic rings. The Bertz CT molecular complexity index is 353. The van der Waals surface area contributed by atoms with Crippen LogP contribution in [0.5, 0.6) is 0 Å². The fourth-order valence-electron chi connectivity index (χ4n) is 2.38. The van der Waals surface area contributed by atoms with E-state index >= 15 is 0 Å². The molecule has 0 heterocycles. The van der Waals surface area contributed by atoms with E-state index in [0.29, 0.717) is 11.5 Å². The Labute approximate surface area is 214 Å². The quantitative estimate of drug-likeness (QED) is 0.161. The van der Waals surface area contributed by atoms with Gasteiger partial charge in [0.15, 0.2) is 0 Å². The SMILES string of the molecule is CC(C)CCCCCSCCC(=O)[O-].CC(C)CCCCCSCCC(=O)[O-].[CH3][Sn+2][Cl]. The fraction of sp³-hybridized carbons (Fsp3) is 0.913. The molecule has 0 saturated carbocycles. The van der Waals surface area contributed by atoms with Crippen molar-refractivity contribution < 1.29 is 19.8 Å². The van der Waals surface area contributed by atoms with E-state index in [2.05, 4.69) is 32.6 Å². The summed E-state index contributed by atoms with van der Waals surface area (Å²) in [6, 6.07) is 0.